The first-order chi connectivity index (χ1) is 11.9. The Morgan fingerprint density at radius 1 is 1.17 bits per heavy atom. The fourth-order valence-corrected chi connectivity index (χ4v) is 3.00. The largest absolute Gasteiger partial charge is 0.374 e. The molecular weight excluding hydrogens is 304 g/mol. The number of hydrogen-bond acceptors (Lipinski definition) is 5. The topological polar surface area (TPSA) is 61.0 Å². The highest BCUT2D eigenvalue weighted by molar-refractivity contribution is 5.33. The zero-order chi connectivity index (χ0) is 16.2. The molecule has 7 nitrogen and oxygen atoms in total. The maximum absolute atomic E-state index is 5.85. The minimum Gasteiger partial charge on any atom is -0.374 e. The lowest BCUT2D eigenvalue weighted by Crippen LogP contribution is -2.43. The molecule has 1 atom stereocenters. The van der Waals surface area contributed by atoms with Crippen molar-refractivity contribution < 1.29 is 4.74 Å². The molecule has 1 fully saturated rings. The van der Waals surface area contributed by atoms with Crippen LogP contribution in [-0.4, -0.2) is 55.2 Å². The predicted molar refractivity (Wildman–Crippen MR) is 88.6 cm³/mol. The van der Waals surface area contributed by atoms with E-state index in [-0.39, 0.29) is 6.10 Å². The third-order valence-electron chi connectivity index (χ3n) is 4.19. The van der Waals surface area contributed by atoms with Gasteiger partial charge >= 0.3 is 0 Å². The molecular formula is C17H20N6O. The Morgan fingerprint density at radius 2 is 2.08 bits per heavy atom. The van der Waals surface area contributed by atoms with Gasteiger partial charge in [-0.2, -0.15) is 10.2 Å². The zero-order valence-corrected chi connectivity index (χ0v) is 13.4. The van der Waals surface area contributed by atoms with E-state index in [9.17, 15) is 0 Å². The first-order valence-corrected chi connectivity index (χ1v) is 8.12. The SMILES string of the molecule is c1cnn(-c2ccc(CN3CCO[C@@H](Cn4cncn4)C3)cc2)c1. The number of benzene rings is 1. The van der Waals surface area contributed by atoms with Crippen LogP contribution in [0.3, 0.4) is 0 Å². The summed E-state index contributed by atoms with van der Waals surface area (Å²) in [6.07, 6.45) is 7.18. The van der Waals surface area contributed by atoms with Crippen molar-refractivity contribution in [3.63, 3.8) is 0 Å². The van der Waals surface area contributed by atoms with Gasteiger partial charge < -0.3 is 4.74 Å². The summed E-state index contributed by atoms with van der Waals surface area (Å²) in [5, 5.41) is 8.41. The molecule has 1 saturated heterocycles. The minimum atomic E-state index is 0.156. The Bertz CT molecular complexity index is 738. The molecule has 1 aliphatic rings. The second-order valence-corrected chi connectivity index (χ2v) is 5.96. The van der Waals surface area contributed by atoms with Crippen molar-refractivity contribution in [1.29, 1.82) is 0 Å². The van der Waals surface area contributed by atoms with E-state index in [1.807, 2.05) is 21.6 Å². The number of rotatable bonds is 5. The Kier molecular flexibility index (Phi) is 4.35. The van der Waals surface area contributed by atoms with Crippen LogP contribution in [0.4, 0.5) is 0 Å². The molecule has 2 aromatic heterocycles. The van der Waals surface area contributed by atoms with Crippen LogP contribution in [0.25, 0.3) is 5.69 Å². The highest BCUT2D eigenvalue weighted by Crippen LogP contribution is 2.14. The average molecular weight is 324 g/mol. The molecule has 4 rings (SSSR count). The van der Waals surface area contributed by atoms with Crippen molar-refractivity contribution >= 4 is 0 Å². The third kappa shape index (κ3) is 3.52. The summed E-state index contributed by atoms with van der Waals surface area (Å²) in [4.78, 5) is 6.40. The quantitative estimate of drug-likeness (QED) is 0.709. The van der Waals surface area contributed by atoms with E-state index in [0.717, 1.165) is 38.5 Å². The van der Waals surface area contributed by atoms with Gasteiger partial charge in [-0.25, -0.2) is 9.67 Å². The number of nitrogens with zero attached hydrogens (tertiary/aromatic N) is 6. The zero-order valence-electron chi connectivity index (χ0n) is 13.4. The van der Waals surface area contributed by atoms with Crippen LogP contribution in [0.1, 0.15) is 5.56 Å². The lowest BCUT2D eigenvalue weighted by molar-refractivity contribution is -0.0402. The molecule has 0 amide bonds. The van der Waals surface area contributed by atoms with Gasteiger partial charge in [-0.1, -0.05) is 12.1 Å². The van der Waals surface area contributed by atoms with Gasteiger partial charge in [-0.05, 0) is 23.8 Å². The minimum absolute atomic E-state index is 0.156. The van der Waals surface area contributed by atoms with E-state index in [2.05, 4.69) is 44.3 Å². The lowest BCUT2D eigenvalue weighted by Gasteiger charge is -2.32. The van der Waals surface area contributed by atoms with Crippen molar-refractivity contribution in [2.45, 2.75) is 19.2 Å². The van der Waals surface area contributed by atoms with Crippen LogP contribution in [0.15, 0.2) is 55.4 Å². The molecule has 0 aliphatic carbocycles. The molecule has 7 heteroatoms. The van der Waals surface area contributed by atoms with Gasteiger partial charge in [0, 0.05) is 32.0 Å². The van der Waals surface area contributed by atoms with Gasteiger partial charge in [-0.3, -0.25) is 9.58 Å². The van der Waals surface area contributed by atoms with Crippen LogP contribution in [0, 0.1) is 0 Å². The average Bonchev–Trinajstić information content (AvgIpc) is 3.29. The normalized spacial score (nSPS) is 18.8. The Balaban J connectivity index is 1.36. The summed E-state index contributed by atoms with van der Waals surface area (Å²) >= 11 is 0. The van der Waals surface area contributed by atoms with Crippen LogP contribution in [-0.2, 0) is 17.8 Å². The van der Waals surface area contributed by atoms with Crippen LogP contribution >= 0.6 is 0 Å². The summed E-state index contributed by atoms with van der Waals surface area (Å²) < 4.78 is 9.54. The second kappa shape index (κ2) is 6.94. The molecule has 1 aliphatic heterocycles. The van der Waals surface area contributed by atoms with Crippen molar-refractivity contribution in [3.05, 3.63) is 60.9 Å². The highest BCUT2D eigenvalue weighted by Gasteiger charge is 2.21. The molecule has 0 unspecified atom stereocenters. The fraction of sp³-hybridized carbons (Fsp3) is 0.353. The smallest absolute Gasteiger partial charge is 0.137 e. The molecule has 24 heavy (non-hydrogen) atoms. The summed E-state index contributed by atoms with van der Waals surface area (Å²) in [6, 6.07) is 10.5. The van der Waals surface area contributed by atoms with Crippen LogP contribution in [0.5, 0.6) is 0 Å². The molecule has 3 heterocycles. The Labute approximate surface area is 140 Å². The number of aromatic nitrogens is 5. The van der Waals surface area contributed by atoms with Crippen molar-refractivity contribution in [2.75, 3.05) is 19.7 Å². The lowest BCUT2D eigenvalue weighted by atomic mass is 10.1. The van der Waals surface area contributed by atoms with E-state index in [1.165, 1.54) is 5.56 Å². The molecule has 1 aromatic carbocycles. The van der Waals surface area contributed by atoms with Gasteiger partial charge in [0.05, 0.1) is 24.9 Å². The predicted octanol–water partition coefficient (Wildman–Crippen LogP) is 1.36. The number of morpholine rings is 1. The van der Waals surface area contributed by atoms with E-state index < -0.39 is 0 Å². The summed E-state index contributed by atoms with van der Waals surface area (Å²) in [6.45, 7) is 4.28. The molecule has 0 spiro atoms. The fourth-order valence-electron chi connectivity index (χ4n) is 3.00. The van der Waals surface area contributed by atoms with Gasteiger partial charge in [0.2, 0.25) is 0 Å². The van der Waals surface area contributed by atoms with Gasteiger partial charge in [0.25, 0.3) is 0 Å². The second-order valence-electron chi connectivity index (χ2n) is 5.96. The van der Waals surface area contributed by atoms with Gasteiger partial charge in [-0.15, -0.1) is 0 Å². The number of hydrogen-bond donors (Lipinski definition) is 0. The standard InChI is InChI=1S/C17H20N6O/c1-6-19-23(7-1)16-4-2-15(3-5-16)10-21-8-9-24-17(11-21)12-22-14-18-13-20-22/h1-7,13-14,17H,8-12H2/t17-/m1/s1. The van der Waals surface area contributed by atoms with Crippen molar-refractivity contribution in [1.82, 2.24) is 29.4 Å². The van der Waals surface area contributed by atoms with E-state index in [0.29, 0.717) is 0 Å². The van der Waals surface area contributed by atoms with E-state index >= 15 is 0 Å². The van der Waals surface area contributed by atoms with Gasteiger partial charge in [0.15, 0.2) is 0 Å². The summed E-state index contributed by atoms with van der Waals surface area (Å²) in [5.41, 5.74) is 2.38. The Hall–Kier alpha value is -2.51. The molecule has 0 saturated carbocycles. The monoisotopic (exact) mass is 324 g/mol. The highest BCUT2D eigenvalue weighted by atomic mass is 16.5. The van der Waals surface area contributed by atoms with Crippen LogP contribution in [0.2, 0.25) is 0 Å². The summed E-state index contributed by atoms with van der Waals surface area (Å²) in [5.74, 6) is 0. The maximum Gasteiger partial charge on any atom is 0.137 e. The molecule has 0 N–H and O–H groups in total. The summed E-state index contributed by atoms with van der Waals surface area (Å²) in [7, 11) is 0. The van der Waals surface area contributed by atoms with Crippen molar-refractivity contribution in [2.24, 2.45) is 0 Å². The Morgan fingerprint density at radius 3 is 2.83 bits per heavy atom. The molecule has 3 aromatic rings. The van der Waals surface area contributed by atoms with E-state index in [1.54, 1.807) is 18.9 Å². The third-order valence-corrected chi connectivity index (χ3v) is 4.19. The number of ether oxygens (including phenoxy) is 1. The van der Waals surface area contributed by atoms with E-state index in [4.69, 9.17) is 4.74 Å². The maximum atomic E-state index is 5.85. The molecule has 0 radical (unpaired) electrons. The first-order valence-electron chi connectivity index (χ1n) is 8.12. The first kappa shape index (κ1) is 15.0. The van der Waals surface area contributed by atoms with Crippen LogP contribution < -0.4 is 0 Å². The van der Waals surface area contributed by atoms with Gasteiger partial charge in [0.1, 0.15) is 12.7 Å². The molecule has 0 bridgehead atoms. The van der Waals surface area contributed by atoms with Crippen molar-refractivity contribution in [3.8, 4) is 5.69 Å². The molecule has 124 valence electrons.